The number of aromatic amines is 1. The van der Waals surface area contributed by atoms with Crippen molar-refractivity contribution in [3.05, 3.63) is 89.0 Å². The van der Waals surface area contributed by atoms with Crippen LogP contribution in [0.25, 0.3) is 10.9 Å². The number of esters is 1. The van der Waals surface area contributed by atoms with Gasteiger partial charge >= 0.3 is 5.97 Å². The van der Waals surface area contributed by atoms with E-state index in [0.717, 1.165) is 76.7 Å². The highest BCUT2D eigenvalue weighted by atomic mass is 16.5. The summed E-state index contributed by atoms with van der Waals surface area (Å²) in [6, 6.07) is 20.9. The lowest BCUT2D eigenvalue weighted by Crippen LogP contribution is -2.48. The number of hydrogen-bond acceptors (Lipinski definition) is 9. The number of benzene rings is 3. The summed E-state index contributed by atoms with van der Waals surface area (Å²) < 4.78 is 10.4. The second kappa shape index (κ2) is 15.1. The predicted octanol–water partition coefficient (Wildman–Crippen LogP) is 3.91. The molecular weight excluding hydrogens is 608 g/mol. The molecule has 11 nitrogen and oxygen atoms in total. The van der Waals surface area contributed by atoms with Crippen LogP contribution in [0, 0.1) is 0 Å². The largest absolute Gasteiger partial charge is 0.494 e. The van der Waals surface area contributed by atoms with Crippen molar-refractivity contribution in [2.45, 2.75) is 6.42 Å². The molecule has 0 radical (unpaired) electrons. The maximum Gasteiger partial charge on any atom is 0.337 e. The van der Waals surface area contributed by atoms with Crippen LogP contribution in [0.5, 0.6) is 5.88 Å². The van der Waals surface area contributed by atoms with E-state index in [1.807, 2.05) is 36.4 Å². The number of morpholine rings is 1. The molecule has 1 amide bonds. The van der Waals surface area contributed by atoms with Gasteiger partial charge in [-0.3, -0.25) is 14.6 Å². The molecule has 6 rings (SSSR count). The van der Waals surface area contributed by atoms with Gasteiger partial charge in [0.2, 0.25) is 5.91 Å². The van der Waals surface area contributed by atoms with Crippen molar-refractivity contribution in [1.82, 2.24) is 19.7 Å². The molecule has 0 aliphatic carbocycles. The summed E-state index contributed by atoms with van der Waals surface area (Å²) in [4.78, 5) is 42.2. The molecule has 2 N–H and O–H groups in total. The minimum Gasteiger partial charge on any atom is -0.494 e. The number of carbonyl (C=O) groups excluding carboxylic acids is 2. The Morgan fingerprint density at radius 3 is 2.29 bits per heavy atom. The topological polar surface area (TPSA) is 114 Å². The monoisotopic (exact) mass is 652 g/mol. The first-order valence-electron chi connectivity index (χ1n) is 16.5. The van der Waals surface area contributed by atoms with Crippen LogP contribution in [0.3, 0.4) is 0 Å². The van der Waals surface area contributed by atoms with Gasteiger partial charge in [0.25, 0.3) is 0 Å². The van der Waals surface area contributed by atoms with Crippen LogP contribution >= 0.6 is 0 Å². The zero-order chi connectivity index (χ0) is 33.6. The zero-order valence-corrected chi connectivity index (χ0v) is 27.9. The average molecular weight is 653 g/mol. The van der Waals surface area contributed by atoms with Crippen LogP contribution in [0.4, 0.5) is 11.4 Å². The predicted molar refractivity (Wildman–Crippen MR) is 188 cm³/mol. The summed E-state index contributed by atoms with van der Waals surface area (Å²) in [5.74, 6) is -0.475. The number of hydrogen-bond donors (Lipinski definition) is 2. The molecule has 1 aromatic heterocycles. The van der Waals surface area contributed by atoms with Gasteiger partial charge < -0.3 is 29.4 Å². The third kappa shape index (κ3) is 7.77. The lowest BCUT2D eigenvalue weighted by Gasteiger charge is -2.32. The summed E-state index contributed by atoms with van der Waals surface area (Å²) in [6.07, 6.45) is 0.913. The number of methoxy groups -OCH3 is 1. The number of piperazine rings is 1. The van der Waals surface area contributed by atoms with Crippen LogP contribution < -0.4 is 4.90 Å². The number of rotatable bonds is 10. The number of carbonyl (C=O) groups is 2. The Bertz CT molecular complexity index is 1750. The van der Waals surface area contributed by atoms with Crippen molar-refractivity contribution in [1.29, 1.82) is 0 Å². The molecule has 11 heteroatoms. The van der Waals surface area contributed by atoms with Crippen molar-refractivity contribution in [2.24, 2.45) is 4.99 Å². The Morgan fingerprint density at radius 1 is 0.917 bits per heavy atom. The van der Waals surface area contributed by atoms with E-state index in [1.165, 1.54) is 12.7 Å². The van der Waals surface area contributed by atoms with Gasteiger partial charge in [-0.25, -0.2) is 9.79 Å². The smallest absolute Gasteiger partial charge is 0.337 e. The number of aromatic nitrogens is 1. The second-order valence-electron chi connectivity index (χ2n) is 12.5. The molecule has 0 atom stereocenters. The fraction of sp³-hybridized carbons (Fsp3) is 0.378. The number of fused-ring (bicyclic) bond motifs is 1. The van der Waals surface area contributed by atoms with Crippen LogP contribution in [0.15, 0.2) is 71.7 Å². The number of nitrogens with one attached hydrogen (secondary N) is 1. The molecule has 2 fully saturated rings. The van der Waals surface area contributed by atoms with E-state index >= 15 is 0 Å². The van der Waals surface area contributed by atoms with Gasteiger partial charge in [-0.2, -0.15) is 0 Å². The van der Waals surface area contributed by atoms with Crippen LogP contribution in [-0.2, 0) is 20.7 Å². The first-order valence-corrected chi connectivity index (χ1v) is 16.5. The number of H-pyrrole nitrogens is 1. The normalized spacial score (nSPS) is 16.7. The van der Waals surface area contributed by atoms with Crippen molar-refractivity contribution in [2.75, 3.05) is 91.7 Å². The van der Waals surface area contributed by atoms with E-state index in [9.17, 15) is 14.7 Å². The number of likely N-dealkylation sites (N-methyl/N-ethyl adjacent to an activating group) is 2. The highest BCUT2D eigenvalue weighted by Gasteiger charge is 2.22. The Labute approximate surface area is 281 Å². The van der Waals surface area contributed by atoms with Crippen LogP contribution in [0.2, 0.25) is 0 Å². The maximum absolute atomic E-state index is 13.1. The first-order chi connectivity index (χ1) is 23.3. The SMILES string of the molecule is COC(=O)c1ccc2[nH]c(O)c(C(=Nc3ccc(N(C)C(=O)CN4CCN(C)CC4)cc3)c3ccc(CCN4CCOCC4)cc3)c2c1. The number of aliphatic imine (C=N–C) groups is 1. The fourth-order valence-corrected chi connectivity index (χ4v) is 6.20. The Morgan fingerprint density at radius 2 is 1.60 bits per heavy atom. The van der Waals surface area contributed by atoms with E-state index in [-0.39, 0.29) is 11.8 Å². The molecule has 2 aliphatic heterocycles. The standard InChI is InChI=1S/C37H44N6O5/c1-40-16-18-43(19-17-40)25-33(44)41(2)30-11-9-29(10-12-30)38-35(27-6-4-26(5-7-27)14-15-42-20-22-48-23-21-42)34-31-24-28(37(46)47-3)8-13-32(31)39-36(34)45/h4-13,24,39,45H,14-23,25H2,1-3H3. The second-order valence-corrected chi connectivity index (χ2v) is 12.5. The quantitative estimate of drug-likeness (QED) is 0.196. The molecule has 3 heterocycles. The van der Waals surface area contributed by atoms with Gasteiger partial charge in [0.15, 0.2) is 5.88 Å². The lowest BCUT2D eigenvalue weighted by atomic mass is 9.98. The molecule has 0 unspecified atom stereocenters. The third-order valence-electron chi connectivity index (χ3n) is 9.29. The van der Waals surface area contributed by atoms with E-state index in [2.05, 4.69) is 38.9 Å². The zero-order valence-electron chi connectivity index (χ0n) is 27.9. The number of amides is 1. The Balaban J connectivity index is 1.29. The number of ether oxygens (including phenoxy) is 2. The van der Waals surface area contributed by atoms with Crippen molar-refractivity contribution >= 4 is 39.9 Å². The summed E-state index contributed by atoms with van der Waals surface area (Å²) in [5, 5.41) is 11.9. The first kappa shape index (κ1) is 33.4. The minimum atomic E-state index is -0.464. The van der Waals surface area contributed by atoms with E-state index < -0.39 is 5.97 Å². The number of aromatic hydroxyl groups is 1. The molecule has 4 aromatic rings. The molecule has 0 bridgehead atoms. The lowest BCUT2D eigenvalue weighted by molar-refractivity contribution is -0.119. The van der Waals surface area contributed by atoms with Crippen molar-refractivity contribution in [3.8, 4) is 5.88 Å². The van der Waals surface area contributed by atoms with E-state index in [4.69, 9.17) is 14.5 Å². The molecule has 2 saturated heterocycles. The molecule has 252 valence electrons. The third-order valence-corrected chi connectivity index (χ3v) is 9.29. The van der Waals surface area contributed by atoms with Crippen molar-refractivity contribution < 1.29 is 24.2 Å². The maximum atomic E-state index is 13.1. The van der Waals surface area contributed by atoms with Crippen LogP contribution in [-0.4, -0.2) is 129 Å². The molecule has 2 aliphatic rings. The Hall–Kier alpha value is -4.55. The number of nitrogens with zero attached hydrogens (tertiary/aromatic N) is 5. The van der Waals surface area contributed by atoms with Crippen LogP contribution in [0.1, 0.15) is 27.0 Å². The molecule has 0 saturated carbocycles. The minimum absolute atomic E-state index is 0.0373. The van der Waals surface area contributed by atoms with Gasteiger partial charge in [0.05, 0.1) is 49.4 Å². The molecule has 3 aromatic carbocycles. The molecule has 0 spiro atoms. The highest BCUT2D eigenvalue weighted by molar-refractivity contribution is 6.22. The molecule has 48 heavy (non-hydrogen) atoms. The van der Waals surface area contributed by atoms with Gasteiger partial charge in [-0.05, 0) is 61.5 Å². The van der Waals surface area contributed by atoms with Gasteiger partial charge in [-0.15, -0.1) is 0 Å². The van der Waals surface area contributed by atoms with Gasteiger partial charge in [0.1, 0.15) is 0 Å². The van der Waals surface area contributed by atoms with E-state index in [1.54, 1.807) is 30.1 Å². The summed E-state index contributed by atoms with van der Waals surface area (Å²) in [5.41, 5.74) is 5.52. The molecular formula is C37H44N6O5. The summed E-state index contributed by atoms with van der Waals surface area (Å²) in [7, 11) is 5.24. The van der Waals surface area contributed by atoms with Crippen molar-refractivity contribution in [3.63, 3.8) is 0 Å². The highest BCUT2D eigenvalue weighted by Crippen LogP contribution is 2.33. The van der Waals surface area contributed by atoms with Gasteiger partial charge in [-0.1, -0.05) is 24.3 Å². The van der Waals surface area contributed by atoms with E-state index in [0.29, 0.717) is 40.0 Å². The Kier molecular flexibility index (Phi) is 10.5. The van der Waals surface area contributed by atoms with Gasteiger partial charge in [0, 0.05) is 75.0 Å². The summed E-state index contributed by atoms with van der Waals surface area (Å²) in [6.45, 7) is 8.45. The fourth-order valence-electron chi connectivity index (χ4n) is 6.20. The number of anilines is 1. The average Bonchev–Trinajstić information content (AvgIpc) is 3.45. The summed E-state index contributed by atoms with van der Waals surface area (Å²) >= 11 is 0.